The second-order valence-electron chi connectivity index (χ2n) is 5.57. The van der Waals surface area contributed by atoms with E-state index in [0.29, 0.717) is 5.78 Å². The summed E-state index contributed by atoms with van der Waals surface area (Å²) in [4.78, 5) is 13.5. The highest BCUT2D eigenvalue weighted by molar-refractivity contribution is 8.93. The van der Waals surface area contributed by atoms with E-state index in [2.05, 4.69) is 15.3 Å². The molecule has 7 nitrogen and oxygen atoms in total. The zero-order chi connectivity index (χ0) is 16.8. The van der Waals surface area contributed by atoms with Crippen molar-refractivity contribution in [3.05, 3.63) is 47.7 Å². The number of hydrogen-bond acceptors (Lipinski definition) is 7. The fraction of sp³-hybridized carbons (Fsp3) is 0.118. The third-order valence-corrected chi connectivity index (χ3v) is 4.71. The minimum absolute atomic E-state index is 0. The molecule has 4 heterocycles. The molecule has 3 aromatic heterocycles. The molecule has 26 heavy (non-hydrogen) atoms. The van der Waals surface area contributed by atoms with E-state index in [1.54, 1.807) is 6.20 Å². The predicted octanol–water partition coefficient (Wildman–Crippen LogP) is 4.21. The molecule has 0 atom stereocenters. The van der Waals surface area contributed by atoms with Crippen molar-refractivity contribution in [3.63, 3.8) is 0 Å². The third kappa shape index (κ3) is 2.78. The number of anilines is 2. The summed E-state index contributed by atoms with van der Waals surface area (Å²) in [7, 11) is 0. The van der Waals surface area contributed by atoms with Crippen LogP contribution < -0.4 is 14.8 Å². The number of nitrogens with zero attached hydrogens (tertiary/aromatic N) is 4. The van der Waals surface area contributed by atoms with Crippen LogP contribution in [-0.4, -0.2) is 26.1 Å². The summed E-state index contributed by atoms with van der Waals surface area (Å²) in [6.45, 7) is 2.23. The van der Waals surface area contributed by atoms with Gasteiger partial charge in [-0.3, -0.25) is 4.40 Å². The predicted molar refractivity (Wildman–Crippen MR) is 105 cm³/mol. The molecular weight excluding hydrogens is 418 g/mol. The lowest BCUT2D eigenvalue weighted by atomic mass is 10.3. The van der Waals surface area contributed by atoms with Crippen molar-refractivity contribution in [2.75, 3.05) is 12.1 Å². The Kier molecular flexibility index (Phi) is 4.25. The molecule has 5 rings (SSSR count). The molecule has 0 radical (unpaired) electrons. The SMILES string of the molecule is Br.Cc1nc2ncccn2c1-c1csc(Nc2ccc3c(c2)OCO3)n1. The van der Waals surface area contributed by atoms with Gasteiger partial charge in [0.25, 0.3) is 0 Å². The Morgan fingerprint density at radius 3 is 3.00 bits per heavy atom. The number of halogens is 1. The van der Waals surface area contributed by atoms with Crippen LogP contribution in [0.2, 0.25) is 0 Å². The maximum atomic E-state index is 5.41. The summed E-state index contributed by atoms with van der Waals surface area (Å²) in [5, 5.41) is 6.12. The fourth-order valence-electron chi connectivity index (χ4n) is 2.84. The standard InChI is InChI=1S/C17H13N5O2S.BrH/c1-10-15(22-6-2-5-18-16(22)19-10)12-8-25-17(21-12)20-11-3-4-13-14(7-11)24-9-23-13;/h2-8H,9H2,1H3,(H,20,21);1H. The second kappa shape index (κ2) is 6.58. The Labute approximate surface area is 163 Å². The smallest absolute Gasteiger partial charge is 0.234 e. The molecule has 1 aliphatic heterocycles. The number of imidazole rings is 1. The Balaban J connectivity index is 0.00000168. The lowest BCUT2D eigenvalue weighted by Gasteiger charge is -2.03. The number of aromatic nitrogens is 4. The summed E-state index contributed by atoms with van der Waals surface area (Å²) in [6.07, 6.45) is 3.68. The van der Waals surface area contributed by atoms with Gasteiger partial charge < -0.3 is 14.8 Å². The number of ether oxygens (including phenoxy) is 2. The molecule has 0 bridgehead atoms. The molecule has 1 N–H and O–H groups in total. The van der Waals surface area contributed by atoms with Crippen LogP contribution in [0.15, 0.2) is 42.0 Å². The fourth-order valence-corrected chi connectivity index (χ4v) is 3.56. The normalized spacial score (nSPS) is 12.2. The second-order valence-corrected chi connectivity index (χ2v) is 6.42. The Bertz CT molecular complexity index is 1090. The van der Waals surface area contributed by atoms with Gasteiger partial charge in [0.1, 0.15) is 5.69 Å². The van der Waals surface area contributed by atoms with Gasteiger partial charge in [-0.2, -0.15) is 0 Å². The number of benzene rings is 1. The molecule has 9 heteroatoms. The molecule has 0 saturated heterocycles. The van der Waals surface area contributed by atoms with E-state index in [4.69, 9.17) is 14.5 Å². The molecule has 0 spiro atoms. The summed E-state index contributed by atoms with van der Waals surface area (Å²) < 4.78 is 12.7. The van der Waals surface area contributed by atoms with E-state index in [0.717, 1.165) is 39.4 Å². The highest BCUT2D eigenvalue weighted by atomic mass is 79.9. The number of thiazole rings is 1. The largest absolute Gasteiger partial charge is 0.454 e. The van der Waals surface area contributed by atoms with Gasteiger partial charge in [0.15, 0.2) is 16.6 Å². The molecule has 0 unspecified atom stereocenters. The van der Waals surface area contributed by atoms with Crippen molar-refractivity contribution in [2.24, 2.45) is 0 Å². The van der Waals surface area contributed by atoms with E-state index in [9.17, 15) is 0 Å². The maximum absolute atomic E-state index is 5.41. The van der Waals surface area contributed by atoms with Gasteiger partial charge in [0.05, 0.1) is 11.4 Å². The summed E-state index contributed by atoms with van der Waals surface area (Å²) in [6, 6.07) is 7.63. The average molecular weight is 432 g/mol. The zero-order valence-electron chi connectivity index (χ0n) is 13.7. The molecule has 1 aromatic carbocycles. The monoisotopic (exact) mass is 431 g/mol. The van der Waals surface area contributed by atoms with Gasteiger partial charge in [0, 0.05) is 29.5 Å². The van der Waals surface area contributed by atoms with Crippen LogP contribution in [0.4, 0.5) is 10.8 Å². The number of aryl methyl sites for hydroxylation is 1. The summed E-state index contributed by atoms with van der Waals surface area (Å²) >= 11 is 1.54. The first-order chi connectivity index (χ1) is 12.3. The molecule has 132 valence electrons. The first kappa shape index (κ1) is 16.8. The van der Waals surface area contributed by atoms with E-state index in [1.807, 2.05) is 47.2 Å². The van der Waals surface area contributed by atoms with Crippen LogP contribution in [0.1, 0.15) is 5.69 Å². The van der Waals surface area contributed by atoms with Gasteiger partial charge in [-0.15, -0.1) is 28.3 Å². The van der Waals surface area contributed by atoms with Gasteiger partial charge >= 0.3 is 0 Å². The van der Waals surface area contributed by atoms with Crippen LogP contribution in [0.25, 0.3) is 17.2 Å². The number of nitrogens with one attached hydrogen (secondary N) is 1. The van der Waals surface area contributed by atoms with Gasteiger partial charge in [0.2, 0.25) is 12.6 Å². The quantitative estimate of drug-likeness (QED) is 0.523. The van der Waals surface area contributed by atoms with Gasteiger partial charge in [-0.1, -0.05) is 0 Å². The lowest BCUT2D eigenvalue weighted by molar-refractivity contribution is 0.174. The van der Waals surface area contributed by atoms with Crippen molar-refractivity contribution < 1.29 is 9.47 Å². The van der Waals surface area contributed by atoms with Crippen LogP contribution in [0.3, 0.4) is 0 Å². The Hall–Kier alpha value is -2.65. The van der Waals surface area contributed by atoms with Crippen molar-refractivity contribution in [1.29, 1.82) is 0 Å². The van der Waals surface area contributed by atoms with Crippen LogP contribution in [0.5, 0.6) is 11.5 Å². The first-order valence-electron chi connectivity index (χ1n) is 7.70. The van der Waals surface area contributed by atoms with Gasteiger partial charge in [-0.25, -0.2) is 15.0 Å². The highest BCUT2D eigenvalue weighted by Gasteiger charge is 2.16. The van der Waals surface area contributed by atoms with E-state index < -0.39 is 0 Å². The van der Waals surface area contributed by atoms with E-state index >= 15 is 0 Å². The topological polar surface area (TPSA) is 73.6 Å². The van der Waals surface area contributed by atoms with Crippen molar-refractivity contribution in [1.82, 2.24) is 19.4 Å². The van der Waals surface area contributed by atoms with Gasteiger partial charge in [-0.05, 0) is 25.1 Å². The lowest BCUT2D eigenvalue weighted by Crippen LogP contribution is -1.93. The van der Waals surface area contributed by atoms with Crippen molar-refractivity contribution >= 4 is 44.9 Å². The number of fused-ring (bicyclic) bond motifs is 2. The molecular formula is C17H14BrN5O2S. The van der Waals surface area contributed by atoms with Crippen LogP contribution in [0, 0.1) is 6.92 Å². The maximum Gasteiger partial charge on any atom is 0.234 e. The molecule has 0 amide bonds. The van der Waals surface area contributed by atoms with Crippen molar-refractivity contribution in [3.8, 4) is 22.9 Å². The minimum Gasteiger partial charge on any atom is -0.454 e. The molecule has 4 aromatic rings. The van der Waals surface area contributed by atoms with E-state index in [-0.39, 0.29) is 23.8 Å². The Morgan fingerprint density at radius 1 is 1.19 bits per heavy atom. The summed E-state index contributed by atoms with van der Waals surface area (Å²) in [5.74, 6) is 2.18. The third-order valence-electron chi connectivity index (χ3n) is 3.95. The van der Waals surface area contributed by atoms with E-state index in [1.165, 1.54) is 11.3 Å². The number of rotatable bonds is 3. The summed E-state index contributed by atoms with van der Waals surface area (Å²) in [5.41, 5.74) is 3.63. The van der Waals surface area contributed by atoms with Crippen molar-refractivity contribution in [2.45, 2.75) is 6.92 Å². The van der Waals surface area contributed by atoms with Crippen LogP contribution in [-0.2, 0) is 0 Å². The Morgan fingerprint density at radius 2 is 2.08 bits per heavy atom. The zero-order valence-corrected chi connectivity index (χ0v) is 16.2. The molecule has 0 fully saturated rings. The molecule has 1 aliphatic rings. The molecule has 0 aliphatic carbocycles. The highest BCUT2D eigenvalue weighted by Crippen LogP contribution is 2.36. The average Bonchev–Trinajstić information content (AvgIpc) is 3.32. The number of hydrogen-bond donors (Lipinski definition) is 1. The van der Waals surface area contributed by atoms with Crippen LogP contribution >= 0.6 is 28.3 Å². The minimum atomic E-state index is 0. The first-order valence-corrected chi connectivity index (χ1v) is 8.58. The molecule has 0 saturated carbocycles.